The van der Waals surface area contributed by atoms with Crippen LogP contribution in [-0.2, 0) is 0 Å². The summed E-state index contributed by atoms with van der Waals surface area (Å²) in [6, 6.07) is 13.8. The third-order valence-corrected chi connectivity index (χ3v) is 3.66. The van der Waals surface area contributed by atoms with E-state index in [9.17, 15) is 0 Å². The molecule has 0 saturated heterocycles. The van der Waals surface area contributed by atoms with E-state index in [0.717, 1.165) is 26.4 Å². The summed E-state index contributed by atoms with van der Waals surface area (Å²) >= 11 is 7.51. The van der Waals surface area contributed by atoms with Crippen molar-refractivity contribution >= 4 is 38.3 Å². The Morgan fingerprint density at radius 3 is 2.76 bits per heavy atom. The molecule has 1 aromatic heterocycles. The lowest BCUT2D eigenvalue weighted by Gasteiger charge is -2.02. The second-order valence-corrected chi connectivity index (χ2v) is 5.21. The number of nitrogen functional groups attached to an aromatic ring is 1. The minimum absolute atomic E-state index is 0.592. The first-order valence-electron chi connectivity index (χ1n) is 5.15. The largest absolute Gasteiger partial charge is 0.375 e. The molecule has 2 nitrogen and oxygen atoms in total. The molecule has 0 radical (unpaired) electrons. The van der Waals surface area contributed by atoms with Crippen LogP contribution in [0.15, 0.2) is 42.5 Å². The van der Waals surface area contributed by atoms with E-state index < -0.39 is 0 Å². The van der Waals surface area contributed by atoms with Gasteiger partial charge < -0.3 is 5.73 Å². The summed E-state index contributed by atoms with van der Waals surface area (Å²) in [4.78, 5) is 4.37. The lowest BCUT2D eigenvalue weighted by atomic mass is 10.0. The quantitative estimate of drug-likeness (QED) is 0.712. The van der Waals surface area contributed by atoms with E-state index in [-0.39, 0.29) is 0 Å². The van der Waals surface area contributed by atoms with Gasteiger partial charge in [0.05, 0.1) is 10.2 Å². The molecule has 1 heterocycles. The molecule has 2 N–H and O–H groups in total. The molecule has 0 fully saturated rings. The van der Waals surface area contributed by atoms with Crippen molar-refractivity contribution in [3.05, 3.63) is 47.5 Å². The highest BCUT2D eigenvalue weighted by atomic mass is 35.5. The fourth-order valence-corrected chi connectivity index (χ4v) is 2.81. The molecule has 0 aliphatic carbocycles. The van der Waals surface area contributed by atoms with Gasteiger partial charge in [-0.15, -0.1) is 0 Å². The lowest BCUT2D eigenvalue weighted by molar-refractivity contribution is 1.49. The third-order valence-electron chi connectivity index (χ3n) is 2.57. The van der Waals surface area contributed by atoms with Crippen molar-refractivity contribution in [2.24, 2.45) is 0 Å². The topological polar surface area (TPSA) is 38.9 Å². The molecule has 84 valence electrons. The van der Waals surface area contributed by atoms with Crippen molar-refractivity contribution in [2.75, 3.05) is 5.73 Å². The van der Waals surface area contributed by atoms with Gasteiger partial charge in [0.1, 0.15) is 0 Å². The summed E-state index contributed by atoms with van der Waals surface area (Å²) in [5, 5.41) is 1.32. The van der Waals surface area contributed by atoms with Crippen molar-refractivity contribution in [3.63, 3.8) is 0 Å². The van der Waals surface area contributed by atoms with E-state index in [1.54, 1.807) is 0 Å². The molecule has 0 atom stereocenters. The average Bonchev–Trinajstić information content (AvgIpc) is 2.68. The van der Waals surface area contributed by atoms with Crippen LogP contribution in [0, 0.1) is 0 Å². The average molecular weight is 261 g/mol. The summed E-state index contributed by atoms with van der Waals surface area (Å²) in [5.74, 6) is 0. The number of halogens is 1. The molecule has 3 rings (SSSR count). The molecule has 0 saturated carbocycles. The van der Waals surface area contributed by atoms with Gasteiger partial charge in [-0.1, -0.05) is 47.2 Å². The fraction of sp³-hybridized carbons (Fsp3) is 0. The summed E-state index contributed by atoms with van der Waals surface area (Å²) < 4.78 is 1.10. The van der Waals surface area contributed by atoms with Crippen LogP contribution < -0.4 is 5.73 Å². The summed E-state index contributed by atoms with van der Waals surface area (Å²) in [7, 11) is 0. The van der Waals surface area contributed by atoms with Crippen molar-refractivity contribution in [2.45, 2.75) is 0 Å². The third kappa shape index (κ3) is 1.88. The lowest BCUT2D eigenvalue weighted by Crippen LogP contribution is -1.83. The SMILES string of the molecule is Nc1nc2c(-c3cccc(Cl)c3)cccc2s1. The number of hydrogen-bond acceptors (Lipinski definition) is 3. The molecule has 0 unspecified atom stereocenters. The maximum atomic E-state index is 6.01. The van der Waals surface area contributed by atoms with Gasteiger partial charge in [-0.05, 0) is 23.8 Å². The van der Waals surface area contributed by atoms with Gasteiger partial charge in [-0.2, -0.15) is 0 Å². The number of hydrogen-bond donors (Lipinski definition) is 1. The second kappa shape index (κ2) is 4.02. The Balaban J connectivity index is 2.30. The van der Waals surface area contributed by atoms with Gasteiger partial charge in [-0.25, -0.2) is 4.98 Å². The Morgan fingerprint density at radius 1 is 1.12 bits per heavy atom. The molecular weight excluding hydrogens is 252 g/mol. The fourth-order valence-electron chi connectivity index (χ4n) is 1.85. The van der Waals surface area contributed by atoms with E-state index in [1.807, 2.05) is 42.5 Å². The molecule has 0 amide bonds. The molecule has 0 aliphatic rings. The molecule has 4 heteroatoms. The van der Waals surface area contributed by atoms with Crippen molar-refractivity contribution in [1.29, 1.82) is 0 Å². The first kappa shape index (κ1) is 10.6. The van der Waals surface area contributed by atoms with Crippen molar-refractivity contribution < 1.29 is 0 Å². The van der Waals surface area contributed by atoms with Crippen LogP contribution in [0.4, 0.5) is 5.13 Å². The number of fused-ring (bicyclic) bond motifs is 1. The molecular formula is C13H9ClN2S. The van der Waals surface area contributed by atoms with Crippen molar-refractivity contribution in [3.8, 4) is 11.1 Å². The number of nitrogens with zero attached hydrogens (tertiary/aromatic N) is 1. The van der Waals surface area contributed by atoms with Gasteiger partial charge in [0.25, 0.3) is 0 Å². The maximum Gasteiger partial charge on any atom is 0.181 e. The Morgan fingerprint density at radius 2 is 1.94 bits per heavy atom. The van der Waals surface area contributed by atoms with Crippen LogP contribution in [0.1, 0.15) is 0 Å². The Bertz CT molecular complexity index is 691. The van der Waals surface area contributed by atoms with E-state index >= 15 is 0 Å². The summed E-state index contributed by atoms with van der Waals surface area (Å²) in [6.45, 7) is 0. The highest BCUT2D eigenvalue weighted by Crippen LogP contribution is 2.33. The predicted molar refractivity (Wildman–Crippen MR) is 74.5 cm³/mol. The Kier molecular flexibility index (Phi) is 2.50. The van der Waals surface area contributed by atoms with E-state index in [4.69, 9.17) is 17.3 Å². The predicted octanol–water partition coefficient (Wildman–Crippen LogP) is 4.20. The Hall–Kier alpha value is -1.58. The molecule has 0 bridgehead atoms. The van der Waals surface area contributed by atoms with Crippen LogP contribution in [0.3, 0.4) is 0 Å². The first-order valence-corrected chi connectivity index (χ1v) is 6.34. The maximum absolute atomic E-state index is 6.01. The smallest absolute Gasteiger partial charge is 0.181 e. The molecule has 0 spiro atoms. The van der Waals surface area contributed by atoms with Crippen LogP contribution in [0.5, 0.6) is 0 Å². The number of thiazole rings is 1. The van der Waals surface area contributed by atoms with Crippen LogP contribution in [-0.4, -0.2) is 4.98 Å². The normalized spacial score (nSPS) is 10.9. The number of para-hydroxylation sites is 1. The van der Waals surface area contributed by atoms with Crippen LogP contribution >= 0.6 is 22.9 Å². The van der Waals surface area contributed by atoms with Crippen LogP contribution in [0.2, 0.25) is 5.02 Å². The number of aromatic nitrogens is 1. The monoisotopic (exact) mass is 260 g/mol. The van der Waals surface area contributed by atoms with Gasteiger partial charge >= 0.3 is 0 Å². The zero-order valence-electron chi connectivity index (χ0n) is 8.85. The highest BCUT2D eigenvalue weighted by Gasteiger charge is 2.08. The minimum atomic E-state index is 0.592. The number of rotatable bonds is 1. The molecule has 2 aromatic carbocycles. The summed E-state index contributed by atoms with van der Waals surface area (Å²) in [5.41, 5.74) is 8.82. The van der Waals surface area contributed by atoms with Gasteiger partial charge in [0.15, 0.2) is 5.13 Å². The molecule has 0 aliphatic heterocycles. The summed E-state index contributed by atoms with van der Waals surface area (Å²) in [6.07, 6.45) is 0. The first-order chi connectivity index (χ1) is 8.24. The van der Waals surface area contributed by atoms with E-state index in [1.165, 1.54) is 11.3 Å². The number of benzene rings is 2. The van der Waals surface area contributed by atoms with Gasteiger partial charge in [0.2, 0.25) is 0 Å². The second-order valence-electron chi connectivity index (χ2n) is 3.71. The highest BCUT2D eigenvalue weighted by molar-refractivity contribution is 7.22. The standard InChI is InChI=1S/C13H9ClN2S/c14-9-4-1-3-8(7-9)10-5-2-6-11-12(10)16-13(15)17-11/h1-7H,(H2,15,16). The van der Waals surface area contributed by atoms with Crippen LogP contribution in [0.25, 0.3) is 21.3 Å². The Labute approximate surface area is 108 Å². The van der Waals surface area contributed by atoms with Gasteiger partial charge in [-0.3, -0.25) is 0 Å². The van der Waals surface area contributed by atoms with Crippen molar-refractivity contribution in [1.82, 2.24) is 4.98 Å². The number of nitrogens with two attached hydrogens (primary N) is 1. The van der Waals surface area contributed by atoms with Gasteiger partial charge in [0, 0.05) is 10.6 Å². The number of anilines is 1. The molecule has 17 heavy (non-hydrogen) atoms. The molecule has 3 aromatic rings. The zero-order valence-corrected chi connectivity index (χ0v) is 10.4. The zero-order chi connectivity index (χ0) is 11.8. The minimum Gasteiger partial charge on any atom is -0.375 e. The van der Waals surface area contributed by atoms with E-state index in [2.05, 4.69) is 4.98 Å². The van der Waals surface area contributed by atoms with E-state index in [0.29, 0.717) is 5.13 Å².